The number of hydrogen-bond donors (Lipinski definition) is 3. The third kappa shape index (κ3) is 2.99. The van der Waals surface area contributed by atoms with Gasteiger partial charge in [-0.3, -0.25) is 15.0 Å². The molecule has 0 atom stereocenters. The molecule has 0 saturated carbocycles. The molecule has 5 nitrogen and oxygen atoms in total. The van der Waals surface area contributed by atoms with Gasteiger partial charge in [0.2, 0.25) is 0 Å². The lowest BCUT2D eigenvalue weighted by atomic mass is 10.1. The van der Waals surface area contributed by atoms with Gasteiger partial charge < -0.3 is 9.72 Å². The minimum Gasteiger partial charge on any atom is -0.463 e. The highest BCUT2D eigenvalue weighted by molar-refractivity contribution is 5.88. The van der Waals surface area contributed by atoms with Gasteiger partial charge in [0.25, 0.3) is 5.56 Å². The number of hydrogen-bond acceptors (Lipinski definition) is 2. The van der Waals surface area contributed by atoms with Crippen molar-refractivity contribution in [3.05, 3.63) is 86.8 Å². The molecule has 0 aliphatic heterocycles. The summed E-state index contributed by atoms with van der Waals surface area (Å²) in [6, 6.07) is 15.7. The molecule has 4 rings (SSSR count). The highest BCUT2D eigenvalue weighted by Gasteiger charge is 2.02. The largest absolute Gasteiger partial charge is 0.463 e. The number of benzene rings is 2. The molecule has 124 valence electrons. The number of nitrogens with one attached hydrogen (secondary N) is 3. The normalized spacial score (nSPS) is 12.8. The first kappa shape index (κ1) is 15.1. The van der Waals surface area contributed by atoms with Crippen LogP contribution in [0.3, 0.4) is 0 Å². The first-order valence-corrected chi connectivity index (χ1v) is 7.99. The number of rotatable bonds is 3. The molecule has 2 heterocycles. The van der Waals surface area contributed by atoms with Gasteiger partial charge in [-0.05, 0) is 31.2 Å². The Morgan fingerprint density at radius 3 is 2.64 bits per heavy atom. The van der Waals surface area contributed by atoms with E-state index in [1.807, 2.05) is 67.7 Å². The van der Waals surface area contributed by atoms with Crippen LogP contribution in [-0.2, 0) is 0 Å². The van der Waals surface area contributed by atoms with Gasteiger partial charge in [-0.25, -0.2) is 0 Å². The Labute approximate surface area is 143 Å². The van der Waals surface area contributed by atoms with Crippen LogP contribution in [0.1, 0.15) is 11.1 Å². The molecular weight excluding hydrogens is 314 g/mol. The van der Waals surface area contributed by atoms with Crippen LogP contribution in [0.2, 0.25) is 0 Å². The van der Waals surface area contributed by atoms with Crippen LogP contribution in [0.15, 0.2) is 59.5 Å². The second-order valence-corrected chi connectivity index (χ2v) is 5.89. The fourth-order valence-electron chi connectivity index (χ4n) is 2.73. The van der Waals surface area contributed by atoms with E-state index in [0.29, 0.717) is 16.3 Å². The van der Waals surface area contributed by atoms with E-state index in [0.717, 1.165) is 22.0 Å². The predicted octanol–water partition coefficient (Wildman–Crippen LogP) is 2.14. The maximum absolute atomic E-state index is 12.2. The quantitative estimate of drug-likeness (QED) is 0.538. The molecule has 5 heteroatoms. The number of para-hydroxylation sites is 1. The number of aromatic nitrogens is 3. The molecule has 2 aromatic heterocycles. The lowest BCUT2D eigenvalue weighted by Gasteiger charge is -1.99. The Bertz CT molecular complexity index is 1190. The summed E-state index contributed by atoms with van der Waals surface area (Å²) in [6.45, 7) is 2.02. The number of H-pyrrole nitrogens is 3. The third-order valence-electron chi connectivity index (χ3n) is 4.10. The summed E-state index contributed by atoms with van der Waals surface area (Å²) in [5.74, 6) is 0.714. The van der Waals surface area contributed by atoms with E-state index in [-0.39, 0.29) is 5.56 Å². The van der Waals surface area contributed by atoms with Crippen molar-refractivity contribution < 1.29 is 4.74 Å². The highest BCUT2D eigenvalue weighted by Crippen LogP contribution is 2.17. The van der Waals surface area contributed by atoms with E-state index in [9.17, 15) is 4.79 Å². The molecular formula is C20H17N3O2. The fraction of sp³-hybridized carbons (Fsp3) is 0.0500. The van der Waals surface area contributed by atoms with E-state index in [1.54, 1.807) is 6.26 Å². The molecule has 0 amide bonds. The molecule has 0 radical (unpaired) electrons. The van der Waals surface area contributed by atoms with E-state index in [1.165, 1.54) is 0 Å². The molecule has 4 aromatic rings. The third-order valence-corrected chi connectivity index (χ3v) is 4.10. The summed E-state index contributed by atoms with van der Waals surface area (Å²) in [6.07, 6.45) is 5.28. The number of fused-ring (bicyclic) bond motifs is 1. The Morgan fingerprint density at radius 2 is 1.80 bits per heavy atom. The van der Waals surface area contributed by atoms with Crippen LogP contribution in [0.5, 0.6) is 5.75 Å². The summed E-state index contributed by atoms with van der Waals surface area (Å²) < 4.78 is 5.66. The van der Waals surface area contributed by atoms with E-state index in [2.05, 4.69) is 15.2 Å². The maximum atomic E-state index is 12.2. The van der Waals surface area contributed by atoms with Crippen LogP contribution in [-0.4, -0.2) is 15.2 Å². The van der Waals surface area contributed by atoms with Gasteiger partial charge in [-0.1, -0.05) is 35.9 Å². The van der Waals surface area contributed by atoms with Gasteiger partial charge in [-0.2, -0.15) is 0 Å². The summed E-state index contributed by atoms with van der Waals surface area (Å²) in [5, 5.41) is 7.65. The van der Waals surface area contributed by atoms with Crippen molar-refractivity contribution in [2.24, 2.45) is 0 Å². The molecule has 25 heavy (non-hydrogen) atoms. The van der Waals surface area contributed by atoms with Gasteiger partial charge in [0, 0.05) is 22.7 Å². The molecule has 0 spiro atoms. The summed E-state index contributed by atoms with van der Waals surface area (Å²) >= 11 is 0. The number of aromatic amines is 3. The number of ether oxygens (including phenoxy) is 1. The molecule has 0 saturated heterocycles. The topological polar surface area (TPSA) is 73.7 Å². The van der Waals surface area contributed by atoms with Crippen molar-refractivity contribution in [2.75, 3.05) is 0 Å². The van der Waals surface area contributed by atoms with E-state index >= 15 is 0 Å². The van der Waals surface area contributed by atoms with Crippen molar-refractivity contribution in [1.82, 2.24) is 15.2 Å². The maximum Gasteiger partial charge on any atom is 0.271 e. The molecule has 0 aliphatic carbocycles. The minimum atomic E-state index is -0.191. The zero-order valence-electron chi connectivity index (χ0n) is 13.7. The second-order valence-electron chi connectivity index (χ2n) is 5.89. The molecule has 0 aliphatic rings. The first-order valence-electron chi connectivity index (χ1n) is 7.99. The van der Waals surface area contributed by atoms with Crippen molar-refractivity contribution in [1.29, 1.82) is 0 Å². The average molecular weight is 331 g/mol. The van der Waals surface area contributed by atoms with Gasteiger partial charge >= 0.3 is 0 Å². The van der Waals surface area contributed by atoms with Crippen LogP contribution in [0, 0.1) is 6.92 Å². The fourth-order valence-corrected chi connectivity index (χ4v) is 2.73. The van der Waals surface area contributed by atoms with Gasteiger partial charge in [0.05, 0.1) is 5.22 Å². The Morgan fingerprint density at radius 1 is 1.00 bits per heavy atom. The predicted molar refractivity (Wildman–Crippen MR) is 98.8 cm³/mol. The summed E-state index contributed by atoms with van der Waals surface area (Å²) in [5.41, 5.74) is 2.95. The molecule has 0 fully saturated rings. The number of aryl methyl sites for hydroxylation is 1. The van der Waals surface area contributed by atoms with Crippen molar-refractivity contribution in [3.63, 3.8) is 0 Å². The van der Waals surface area contributed by atoms with Gasteiger partial charge in [-0.15, -0.1) is 0 Å². The Hall–Kier alpha value is -3.47. The van der Waals surface area contributed by atoms with Crippen LogP contribution >= 0.6 is 0 Å². The van der Waals surface area contributed by atoms with E-state index < -0.39 is 0 Å². The smallest absolute Gasteiger partial charge is 0.271 e. The molecule has 2 aromatic carbocycles. The average Bonchev–Trinajstić information content (AvgIpc) is 3.20. The zero-order chi connectivity index (χ0) is 17.2. The lowest BCUT2D eigenvalue weighted by Crippen LogP contribution is -2.33. The van der Waals surface area contributed by atoms with Crippen molar-refractivity contribution in [3.8, 4) is 5.75 Å². The van der Waals surface area contributed by atoms with E-state index in [4.69, 9.17) is 4.74 Å². The first-order chi connectivity index (χ1) is 12.2. The van der Waals surface area contributed by atoms with Crippen LogP contribution in [0.4, 0.5) is 0 Å². The Balaban J connectivity index is 1.78. The van der Waals surface area contributed by atoms with Crippen LogP contribution in [0.25, 0.3) is 23.2 Å². The summed E-state index contributed by atoms with van der Waals surface area (Å²) in [4.78, 5) is 15.4. The van der Waals surface area contributed by atoms with Crippen LogP contribution < -0.4 is 20.9 Å². The monoisotopic (exact) mass is 331 g/mol. The van der Waals surface area contributed by atoms with Gasteiger partial charge in [0.1, 0.15) is 17.4 Å². The zero-order valence-corrected chi connectivity index (χ0v) is 13.7. The SMILES string of the molecule is Cc1ccc(OC=c2[nH][nH]c(=O)c2=Cc2c[nH]c3ccccc23)cc1. The minimum absolute atomic E-state index is 0.191. The summed E-state index contributed by atoms with van der Waals surface area (Å²) in [7, 11) is 0. The molecule has 0 bridgehead atoms. The van der Waals surface area contributed by atoms with Crippen molar-refractivity contribution >= 4 is 23.2 Å². The lowest BCUT2D eigenvalue weighted by molar-refractivity contribution is 0.537. The Kier molecular flexibility index (Phi) is 3.74. The second kappa shape index (κ2) is 6.20. The van der Waals surface area contributed by atoms with Gasteiger partial charge in [0.15, 0.2) is 0 Å². The highest BCUT2D eigenvalue weighted by atomic mass is 16.5. The molecule has 3 N–H and O–H groups in total. The standard InChI is InChI=1S/C20H17N3O2/c1-13-6-8-15(9-7-13)25-12-19-17(20(24)23-22-19)10-14-11-21-18-5-3-2-4-16(14)18/h2-12,21-22H,1H3,(H,23,24). The molecule has 0 unspecified atom stereocenters. The van der Waals surface area contributed by atoms with Crippen molar-refractivity contribution in [2.45, 2.75) is 6.92 Å².